The van der Waals surface area contributed by atoms with Gasteiger partial charge >= 0.3 is 0 Å². The summed E-state index contributed by atoms with van der Waals surface area (Å²) >= 11 is 1.42. The molecule has 27 heavy (non-hydrogen) atoms. The maximum absolute atomic E-state index is 12.6. The number of nitro groups is 1. The molecular formula is C20H21N3O3S. The first-order chi connectivity index (χ1) is 12.7. The largest absolute Gasteiger partial charge is 0.312 e. The van der Waals surface area contributed by atoms with Gasteiger partial charge in [-0.15, -0.1) is 11.3 Å². The smallest absolute Gasteiger partial charge is 0.282 e. The molecule has 0 aliphatic heterocycles. The van der Waals surface area contributed by atoms with Crippen LogP contribution in [0.25, 0.3) is 0 Å². The molecule has 1 amide bonds. The topological polar surface area (TPSA) is 96.0 Å². The van der Waals surface area contributed by atoms with E-state index in [1.54, 1.807) is 6.07 Å². The van der Waals surface area contributed by atoms with Crippen LogP contribution < -0.4 is 5.32 Å². The lowest BCUT2D eigenvalue weighted by molar-refractivity contribution is -0.385. The van der Waals surface area contributed by atoms with Gasteiger partial charge in [-0.05, 0) is 42.2 Å². The molecule has 0 unspecified atom stereocenters. The molecule has 1 N–H and O–H groups in total. The summed E-state index contributed by atoms with van der Waals surface area (Å²) in [4.78, 5) is 24.4. The molecule has 0 fully saturated rings. The number of nitrogens with zero attached hydrogens (tertiary/aromatic N) is 2. The van der Waals surface area contributed by atoms with Crippen molar-refractivity contribution in [2.75, 3.05) is 5.32 Å². The third kappa shape index (κ3) is 3.71. The first-order valence-electron chi connectivity index (χ1n) is 8.81. The second-order valence-electron chi connectivity index (χ2n) is 7.85. The van der Waals surface area contributed by atoms with Crippen LogP contribution in [0.4, 0.5) is 10.7 Å². The Kier molecular flexibility index (Phi) is 5.03. The molecule has 0 bridgehead atoms. The predicted molar refractivity (Wildman–Crippen MR) is 105 cm³/mol. The Hall–Kier alpha value is -2.72. The van der Waals surface area contributed by atoms with Crippen LogP contribution in [-0.2, 0) is 12.8 Å². The highest BCUT2D eigenvalue weighted by atomic mass is 32.1. The van der Waals surface area contributed by atoms with E-state index < -0.39 is 10.8 Å². The standard InChI is InChI=1S/C20H21N3O3S/c1-20(2,3)12-8-9-13-15(11-21)19(27-17(13)10-12)22-18(24)14-6-4-5-7-16(14)23(25)26/h4-7,12H,8-10H2,1-3H3,(H,22,24)/t12-/m0/s1. The Morgan fingerprint density at radius 1 is 1.37 bits per heavy atom. The minimum Gasteiger partial charge on any atom is -0.312 e. The van der Waals surface area contributed by atoms with Gasteiger partial charge in [-0.1, -0.05) is 32.9 Å². The number of hydrogen-bond acceptors (Lipinski definition) is 5. The lowest BCUT2D eigenvalue weighted by Gasteiger charge is -2.33. The molecular weight excluding hydrogens is 362 g/mol. The number of hydrogen-bond donors (Lipinski definition) is 1. The van der Waals surface area contributed by atoms with Crippen molar-refractivity contribution < 1.29 is 9.72 Å². The van der Waals surface area contributed by atoms with Crippen LogP contribution >= 0.6 is 11.3 Å². The fourth-order valence-corrected chi connectivity index (χ4v) is 4.80. The van der Waals surface area contributed by atoms with Gasteiger partial charge in [-0.25, -0.2) is 0 Å². The summed E-state index contributed by atoms with van der Waals surface area (Å²) in [7, 11) is 0. The average Bonchev–Trinajstić information content (AvgIpc) is 2.96. The van der Waals surface area contributed by atoms with Gasteiger partial charge in [0.2, 0.25) is 0 Å². The maximum Gasteiger partial charge on any atom is 0.282 e. The van der Waals surface area contributed by atoms with E-state index in [1.807, 2.05) is 0 Å². The Bertz CT molecular complexity index is 950. The number of thiophene rings is 1. The molecule has 3 rings (SSSR count). The van der Waals surface area contributed by atoms with Gasteiger partial charge in [-0.2, -0.15) is 5.26 Å². The number of rotatable bonds is 3. The van der Waals surface area contributed by atoms with Crippen LogP contribution in [0.1, 0.15) is 53.6 Å². The van der Waals surface area contributed by atoms with Crippen LogP contribution in [0, 0.1) is 32.8 Å². The predicted octanol–water partition coefficient (Wildman–Crippen LogP) is 4.93. The fourth-order valence-electron chi connectivity index (χ4n) is 3.53. The number of amides is 1. The lowest BCUT2D eigenvalue weighted by atomic mass is 9.72. The van der Waals surface area contributed by atoms with E-state index in [0.29, 0.717) is 16.5 Å². The quantitative estimate of drug-likeness (QED) is 0.600. The van der Waals surface area contributed by atoms with Gasteiger partial charge in [0.05, 0.1) is 10.5 Å². The zero-order valence-electron chi connectivity index (χ0n) is 15.5. The zero-order chi connectivity index (χ0) is 19.8. The Morgan fingerprint density at radius 2 is 2.07 bits per heavy atom. The van der Waals surface area contributed by atoms with E-state index in [-0.39, 0.29) is 16.7 Å². The Labute approximate surface area is 162 Å². The molecule has 0 saturated carbocycles. The average molecular weight is 383 g/mol. The molecule has 7 heteroatoms. The minimum atomic E-state index is -0.576. The number of para-hydroxylation sites is 1. The van der Waals surface area contributed by atoms with Gasteiger partial charge < -0.3 is 5.32 Å². The van der Waals surface area contributed by atoms with Crippen LogP contribution in [-0.4, -0.2) is 10.8 Å². The summed E-state index contributed by atoms with van der Waals surface area (Å²) in [5.74, 6) is -0.0428. The molecule has 1 atom stereocenters. The summed E-state index contributed by atoms with van der Waals surface area (Å²) in [6.07, 6.45) is 2.72. The third-order valence-electron chi connectivity index (χ3n) is 5.17. The first-order valence-corrected chi connectivity index (χ1v) is 9.63. The van der Waals surface area contributed by atoms with E-state index in [2.05, 4.69) is 32.2 Å². The molecule has 1 aliphatic rings. The summed E-state index contributed by atoms with van der Waals surface area (Å²) in [5.41, 5.74) is 1.44. The second-order valence-corrected chi connectivity index (χ2v) is 8.96. The Morgan fingerprint density at radius 3 is 2.70 bits per heavy atom. The molecule has 1 aliphatic carbocycles. The molecule has 1 heterocycles. The minimum absolute atomic E-state index is 0.00895. The number of carbonyl (C=O) groups excluding carboxylic acids is 1. The Balaban J connectivity index is 1.91. The number of nitro benzene ring substituents is 1. The number of fused-ring (bicyclic) bond motifs is 1. The van der Waals surface area contributed by atoms with Gasteiger partial charge in [0, 0.05) is 10.9 Å². The summed E-state index contributed by atoms with van der Waals surface area (Å²) < 4.78 is 0. The fraction of sp³-hybridized carbons (Fsp3) is 0.400. The number of benzene rings is 1. The van der Waals surface area contributed by atoms with Crippen molar-refractivity contribution in [1.82, 2.24) is 0 Å². The molecule has 140 valence electrons. The number of anilines is 1. The van der Waals surface area contributed by atoms with E-state index in [1.165, 1.54) is 29.5 Å². The van der Waals surface area contributed by atoms with E-state index in [0.717, 1.165) is 29.7 Å². The molecule has 0 saturated heterocycles. The molecule has 1 aromatic heterocycles. The third-order valence-corrected chi connectivity index (χ3v) is 6.34. The van der Waals surface area contributed by atoms with Gasteiger partial charge in [0.15, 0.2) is 0 Å². The molecule has 2 aromatic rings. The summed E-state index contributed by atoms with van der Waals surface area (Å²) in [5, 5.41) is 24.0. The maximum atomic E-state index is 12.6. The van der Waals surface area contributed by atoms with Crippen molar-refractivity contribution >= 4 is 27.9 Å². The molecule has 0 spiro atoms. The van der Waals surface area contributed by atoms with E-state index >= 15 is 0 Å². The highest BCUT2D eigenvalue weighted by Crippen LogP contribution is 2.44. The monoisotopic (exact) mass is 383 g/mol. The highest BCUT2D eigenvalue weighted by Gasteiger charge is 2.32. The molecule has 1 aromatic carbocycles. The van der Waals surface area contributed by atoms with Crippen LogP contribution in [0.3, 0.4) is 0 Å². The van der Waals surface area contributed by atoms with Crippen molar-refractivity contribution in [3.8, 4) is 6.07 Å². The van der Waals surface area contributed by atoms with Gasteiger partial charge in [-0.3, -0.25) is 14.9 Å². The van der Waals surface area contributed by atoms with E-state index in [9.17, 15) is 20.2 Å². The number of carbonyl (C=O) groups is 1. The van der Waals surface area contributed by atoms with E-state index in [4.69, 9.17) is 0 Å². The summed E-state index contributed by atoms with van der Waals surface area (Å²) in [6.45, 7) is 6.66. The first kappa shape index (κ1) is 19.1. The van der Waals surface area contributed by atoms with Crippen molar-refractivity contribution in [2.24, 2.45) is 11.3 Å². The number of nitriles is 1. The van der Waals surface area contributed by atoms with Crippen LogP contribution in [0.15, 0.2) is 24.3 Å². The second kappa shape index (κ2) is 7.12. The summed E-state index contributed by atoms with van der Waals surface area (Å²) in [6, 6.07) is 8.04. The van der Waals surface area contributed by atoms with Gasteiger partial charge in [0.1, 0.15) is 16.6 Å². The van der Waals surface area contributed by atoms with Crippen molar-refractivity contribution in [1.29, 1.82) is 5.26 Å². The molecule has 0 radical (unpaired) electrons. The number of nitrogens with one attached hydrogen (secondary N) is 1. The van der Waals surface area contributed by atoms with Crippen molar-refractivity contribution in [3.05, 3.63) is 55.9 Å². The van der Waals surface area contributed by atoms with Crippen molar-refractivity contribution in [2.45, 2.75) is 40.0 Å². The highest BCUT2D eigenvalue weighted by molar-refractivity contribution is 7.16. The van der Waals surface area contributed by atoms with Crippen LogP contribution in [0.2, 0.25) is 0 Å². The van der Waals surface area contributed by atoms with Crippen LogP contribution in [0.5, 0.6) is 0 Å². The normalized spacial score (nSPS) is 16.3. The van der Waals surface area contributed by atoms with Gasteiger partial charge in [0.25, 0.3) is 11.6 Å². The zero-order valence-corrected chi connectivity index (χ0v) is 16.4. The molecule has 6 nitrogen and oxygen atoms in total. The van der Waals surface area contributed by atoms with Crippen molar-refractivity contribution in [3.63, 3.8) is 0 Å². The lowest BCUT2D eigenvalue weighted by Crippen LogP contribution is -2.26. The SMILES string of the molecule is CC(C)(C)[C@H]1CCc2c(sc(NC(=O)c3ccccc3[N+](=O)[O-])c2C#N)C1.